The van der Waals surface area contributed by atoms with E-state index in [1.807, 2.05) is 13.2 Å². The van der Waals surface area contributed by atoms with E-state index in [2.05, 4.69) is 5.10 Å². The van der Waals surface area contributed by atoms with E-state index in [4.69, 9.17) is 20.6 Å². The van der Waals surface area contributed by atoms with Crippen molar-refractivity contribution in [2.45, 2.75) is 6.61 Å². The molecule has 1 heterocycles. The third kappa shape index (κ3) is 3.42. The second kappa shape index (κ2) is 6.81. The van der Waals surface area contributed by atoms with Crippen LogP contribution < -0.4 is 15.2 Å². The molecule has 0 saturated carbocycles. The van der Waals surface area contributed by atoms with Crippen molar-refractivity contribution >= 4 is 18.2 Å². The largest absolute Gasteiger partial charge is 0.493 e. The van der Waals surface area contributed by atoms with E-state index in [9.17, 15) is 0 Å². The van der Waals surface area contributed by atoms with Crippen molar-refractivity contribution in [1.82, 2.24) is 9.78 Å². The lowest BCUT2D eigenvalue weighted by molar-refractivity contribution is 0.284. The number of nitrogens with one attached hydrogen (secondary N) is 1. The van der Waals surface area contributed by atoms with E-state index in [1.54, 1.807) is 36.2 Å². The van der Waals surface area contributed by atoms with E-state index in [0.717, 1.165) is 5.56 Å². The molecule has 0 radical (unpaired) electrons. The van der Waals surface area contributed by atoms with Crippen LogP contribution in [-0.2, 0) is 13.7 Å². The summed E-state index contributed by atoms with van der Waals surface area (Å²) in [5.41, 5.74) is 6.99. The number of hydrogen-bond donors (Lipinski definition) is 2. The molecule has 7 heteroatoms. The molecule has 2 rings (SSSR count). The van der Waals surface area contributed by atoms with Crippen molar-refractivity contribution in [3.63, 3.8) is 0 Å². The highest BCUT2D eigenvalue weighted by molar-refractivity contribution is 5.98. The number of nitrogens with zero attached hydrogens (tertiary/aromatic N) is 2. The molecule has 0 saturated heterocycles. The minimum atomic E-state index is -0.0555. The predicted octanol–water partition coefficient (Wildman–Crippen LogP) is 1.71. The highest BCUT2D eigenvalue weighted by Gasteiger charge is 2.13. The summed E-state index contributed by atoms with van der Waals surface area (Å²) in [5, 5.41) is 11.6. The first-order valence-corrected chi connectivity index (χ1v) is 5.73. The van der Waals surface area contributed by atoms with Crippen molar-refractivity contribution in [3.05, 3.63) is 41.7 Å². The number of rotatable bonds is 5. The number of benzene rings is 1. The van der Waals surface area contributed by atoms with Crippen molar-refractivity contribution in [2.75, 3.05) is 7.11 Å². The lowest BCUT2D eigenvalue weighted by Gasteiger charge is -2.13. The van der Waals surface area contributed by atoms with Gasteiger partial charge in [0.1, 0.15) is 12.4 Å². The van der Waals surface area contributed by atoms with Gasteiger partial charge in [-0.25, -0.2) is 0 Å². The Morgan fingerprint density at radius 2 is 2.20 bits per heavy atom. The van der Waals surface area contributed by atoms with Gasteiger partial charge in [0.05, 0.1) is 18.9 Å². The molecule has 0 amide bonds. The van der Waals surface area contributed by atoms with Gasteiger partial charge in [-0.2, -0.15) is 5.10 Å². The summed E-state index contributed by atoms with van der Waals surface area (Å²) < 4.78 is 12.7. The number of methoxy groups -OCH3 is 1. The van der Waals surface area contributed by atoms with Crippen molar-refractivity contribution < 1.29 is 9.47 Å². The minimum Gasteiger partial charge on any atom is -0.493 e. The zero-order valence-electron chi connectivity index (χ0n) is 11.3. The molecular weight excluding hydrogens is 280 g/mol. The van der Waals surface area contributed by atoms with E-state index in [0.29, 0.717) is 23.7 Å². The maximum Gasteiger partial charge on any atom is 0.172 e. The van der Waals surface area contributed by atoms with E-state index < -0.39 is 0 Å². The Hall–Kier alpha value is -2.21. The van der Waals surface area contributed by atoms with Gasteiger partial charge in [-0.05, 0) is 12.1 Å². The third-order valence-electron chi connectivity index (χ3n) is 2.63. The molecule has 3 N–H and O–H groups in total. The summed E-state index contributed by atoms with van der Waals surface area (Å²) in [6.07, 6.45) is 3.59. The lowest BCUT2D eigenvalue weighted by Crippen LogP contribution is -2.13. The van der Waals surface area contributed by atoms with Crippen LogP contribution in [0.5, 0.6) is 11.5 Å². The standard InChI is InChI=1S/C13H16N4O2.ClH/c1-17-7-9(6-16-17)8-19-12-10(13(14)15)4-3-5-11(12)18-2;/h3-7H,8H2,1-2H3,(H3,14,15);1H. The summed E-state index contributed by atoms with van der Waals surface area (Å²) >= 11 is 0. The fourth-order valence-corrected chi connectivity index (χ4v) is 1.74. The van der Waals surface area contributed by atoms with E-state index in [1.165, 1.54) is 0 Å². The number of halogens is 1. The third-order valence-corrected chi connectivity index (χ3v) is 2.63. The number of nitrogens with two attached hydrogens (primary N) is 1. The van der Waals surface area contributed by atoms with Gasteiger partial charge >= 0.3 is 0 Å². The number of para-hydroxylation sites is 1. The van der Waals surface area contributed by atoms with Crippen LogP contribution in [0.1, 0.15) is 11.1 Å². The summed E-state index contributed by atoms with van der Waals surface area (Å²) in [7, 11) is 3.39. The van der Waals surface area contributed by atoms with Gasteiger partial charge in [0.15, 0.2) is 11.5 Å². The normalized spacial score (nSPS) is 9.70. The van der Waals surface area contributed by atoms with Crippen LogP contribution in [-0.4, -0.2) is 22.7 Å². The smallest absolute Gasteiger partial charge is 0.172 e. The summed E-state index contributed by atoms with van der Waals surface area (Å²) in [6.45, 7) is 0.342. The molecule has 0 aliphatic heterocycles. The van der Waals surface area contributed by atoms with Gasteiger partial charge in [0.2, 0.25) is 0 Å². The average molecular weight is 297 g/mol. The van der Waals surface area contributed by atoms with Gasteiger partial charge in [0.25, 0.3) is 0 Å². The quantitative estimate of drug-likeness (QED) is 0.650. The lowest BCUT2D eigenvalue weighted by atomic mass is 10.1. The average Bonchev–Trinajstić information content (AvgIpc) is 2.81. The van der Waals surface area contributed by atoms with Gasteiger partial charge in [-0.15, -0.1) is 12.4 Å². The van der Waals surface area contributed by atoms with Crippen LogP contribution in [0.25, 0.3) is 0 Å². The van der Waals surface area contributed by atoms with Crippen LogP contribution >= 0.6 is 12.4 Å². The molecule has 0 aliphatic rings. The van der Waals surface area contributed by atoms with Crippen molar-refractivity contribution in [3.8, 4) is 11.5 Å². The van der Waals surface area contributed by atoms with E-state index in [-0.39, 0.29) is 18.2 Å². The Labute approximate surface area is 123 Å². The first-order chi connectivity index (χ1) is 9.11. The number of aryl methyl sites for hydroxylation is 1. The molecule has 1 aromatic heterocycles. The summed E-state index contributed by atoms with van der Waals surface area (Å²) in [4.78, 5) is 0. The second-order valence-corrected chi connectivity index (χ2v) is 4.06. The topological polar surface area (TPSA) is 86.2 Å². The predicted molar refractivity (Wildman–Crippen MR) is 78.8 cm³/mol. The number of hydrogen-bond acceptors (Lipinski definition) is 4. The Bertz CT molecular complexity index is 598. The Balaban J connectivity index is 0.00000200. The van der Waals surface area contributed by atoms with Crippen LogP contribution in [0, 0.1) is 5.41 Å². The zero-order valence-corrected chi connectivity index (χ0v) is 12.1. The summed E-state index contributed by atoms with van der Waals surface area (Å²) in [6, 6.07) is 5.26. The number of amidine groups is 1. The van der Waals surface area contributed by atoms with Gasteiger partial charge < -0.3 is 15.2 Å². The summed E-state index contributed by atoms with van der Waals surface area (Å²) in [5.74, 6) is 0.970. The fraction of sp³-hybridized carbons (Fsp3) is 0.231. The Morgan fingerprint density at radius 1 is 1.45 bits per heavy atom. The molecule has 20 heavy (non-hydrogen) atoms. The van der Waals surface area contributed by atoms with Gasteiger partial charge in [-0.1, -0.05) is 6.07 Å². The molecule has 0 spiro atoms. The van der Waals surface area contributed by atoms with Crippen molar-refractivity contribution in [2.24, 2.45) is 12.8 Å². The van der Waals surface area contributed by atoms with Gasteiger partial charge in [0, 0.05) is 18.8 Å². The monoisotopic (exact) mass is 296 g/mol. The Morgan fingerprint density at radius 3 is 2.75 bits per heavy atom. The maximum absolute atomic E-state index is 7.56. The van der Waals surface area contributed by atoms with Crippen LogP contribution in [0.2, 0.25) is 0 Å². The molecule has 6 nitrogen and oxygen atoms in total. The van der Waals surface area contributed by atoms with Crippen LogP contribution in [0.15, 0.2) is 30.6 Å². The molecule has 0 unspecified atom stereocenters. The minimum absolute atomic E-state index is 0. The first-order valence-electron chi connectivity index (χ1n) is 5.73. The molecule has 108 valence electrons. The van der Waals surface area contributed by atoms with Crippen LogP contribution in [0.3, 0.4) is 0 Å². The molecule has 0 fully saturated rings. The Kier molecular flexibility index (Phi) is 5.40. The maximum atomic E-state index is 7.56. The first kappa shape index (κ1) is 15.8. The van der Waals surface area contributed by atoms with Gasteiger partial charge in [-0.3, -0.25) is 10.1 Å². The number of nitrogen functional groups attached to an aromatic ring is 1. The van der Waals surface area contributed by atoms with Crippen LogP contribution in [0.4, 0.5) is 0 Å². The second-order valence-electron chi connectivity index (χ2n) is 4.06. The number of ether oxygens (including phenoxy) is 2. The zero-order chi connectivity index (χ0) is 13.8. The fourth-order valence-electron chi connectivity index (χ4n) is 1.74. The molecule has 0 atom stereocenters. The highest BCUT2D eigenvalue weighted by Crippen LogP contribution is 2.31. The highest BCUT2D eigenvalue weighted by atomic mass is 35.5. The molecule has 1 aromatic carbocycles. The molecule has 2 aromatic rings. The molecule has 0 aliphatic carbocycles. The molecular formula is C13H17ClN4O2. The van der Waals surface area contributed by atoms with E-state index >= 15 is 0 Å². The SMILES string of the molecule is COc1cccc(C(=N)N)c1OCc1cnn(C)c1.Cl. The van der Waals surface area contributed by atoms with Crippen molar-refractivity contribution in [1.29, 1.82) is 5.41 Å². The molecule has 0 bridgehead atoms. The number of aromatic nitrogens is 2.